The summed E-state index contributed by atoms with van der Waals surface area (Å²) < 4.78 is 18.0. The predicted octanol–water partition coefficient (Wildman–Crippen LogP) is 3.00. The van der Waals surface area contributed by atoms with Crippen molar-refractivity contribution >= 4 is 11.9 Å². The molecule has 1 aliphatic rings. The van der Waals surface area contributed by atoms with E-state index in [2.05, 4.69) is 5.32 Å². The van der Waals surface area contributed by atoms with E-state index in [1.165, 1.54) is 43.5 Å². The van der Waals surface area contributed by atoms with Gasteiger partial charge in [0, 0.05) is 6.54 Å². The molecule has 5 heteroatoms. The molecule has 126 valence electrons. The molecule has 1 amide bonds. The van der Waals surface area contributed by atoms with Crippen molar-refractivity contribution in [1.29, 1.82) is 0 Å². The maximum absolute atomic E-state index is 12.8. The molecule has 1 fully saturated rings. The Morgan fingerprint density at radius 3 is 2.52 bits per heavy atom. The van der Waals surface area contributed by atoms with E-state index in [9.17, 15) is 14.0 Å². The molecule has 0 aliphatic heterocycles. The molecule has 1 N–H and O–H groups in total. The minimum absolute atomic E-state index is 0.0283. The number of esters is 1. The van der Waals surface area contributed by atoms with Gasteiger partial charge in [-0.1, -0.05) is 31.4 Å². The molecule has 4 nitrogen and oxygen atoms in total. The molecule has 1 saturated carbocycles. The van der Waals surface area contributed by atoms with E-state index in [0.717, 1.165) is 12.8 Å². The van der Waals surface area contributed by atoms with Gasteiger partial charge in [-0.25, -0.2) is 4.39 Å². The zero-order valence-corrected chi connectivity index (χ0v) is 13.5. The molecule has 1 atom stereocenters. The maximum atomic E-state index is 12.8. The Balaban J connectivity index is 1.71. The van der Waals surface area contributed by atoms with Crippen molar-refractivity contribution in [3.63, 3.8) is 0 Å². The summed E-state index contributed by atoms with van der Waals surface area (Å²) in [5, 5.41) is 2.86. The maximum Gasteiger partial charge on any atom is 0.311 e. The van der Waals surface area contributed by atoms with Crippen LogP contribution in [0.3, 0.4) is 0 Å². The van der Waals surface area contributed by atoms with E-state index in [4.69, 9.17) is 4.74 Å². The van der Waals surface area contributed by atoms with E-state index in [-0.39, 0.29) is 18.1 Å². The van der Waals surface area contributed by atoms with Gasteiger partial charge in [0.1, 0.15) is 5.82 Å². The first-order valence-corrected chi connectivity index (χ1v) is 8.26. The third kappa shape index (κ3) is 6.00. The summed E-state index contributed by atoms with van der Waals surface area (Å²) in [4.78, 5) is 23.8. The van der Waals surface area contributed by atoms with Crippen molar-refractivity contribution in [1.82, 2.24) is 5.32 Å². The average molecular weight is 321 g/mol. The highest BCUT2D eigenvalue weighted by atomic mass is 19.1. The third-order valence-electron chi connectivity index (χ3n) is 4.23. The number of rotatable bonds is 6. The van der Waals surface area contributed by atoms with Gasteiger partial charge in [-0.2, -0.15) is 0 Å². The Labute approximate surface area is 136 Å². The molecule has 0 saturated heterocycles. The third-order valence-corrected chi connectivity index (χ3v) is 4.23. The summed E-state index contributed by atoms with van der Waals surface area (Å²) in [6.07, 6.45) is 5.25. The highest BCUT2D eigenvalue weighted by Crippen LogP contribution is 2.22. The van der Waals surface area contributed by atoms with Gasteiger partial charge >= 0.3 is 5.97 Å². The smallest absolute Gasteiger partial charge is 0.311 e. The van der Waals surface area contributed by atoms with Crippen LogP contribution in [0, 0.1) is 11.7 Å². The van der Waals surface area contributed by atoms with Gasteiger partial charge in [0.15, 0.2) is 6.10 Å². The Kier molecular flexibility index (Phi) is 6.56. The van der Waals surface area contributed by atoms with E-state index in [1.54, 1.807) is 6.92 Å². The van der Waals surface area contributed by atoms with Crippen molar-refractivity contribution < 1.29 is 18.7 Å². The Morgan fingerprint density at radius 1 is 1.22 bits per heavy atom. The minimum atomic E-state index is -0.813. The number of halogens is 1. The van der Waals surface area contributed by atoms with Crippen LogP contribution in [0.25, 0.3) is 0 Å². The summed E-state index contributed by atoms with van der Waals surface area (Å²) in [6, 6.07) is 5.65. The lowest BCUT2D eigenvalue weighted by Gasteiger charge is -2.22. The van der Waals surface area contributed by atoms with Crippen LogP contribution in [0.5, 0.6) is 0 Å². The first-order valence-electron chi connectivity index (χ1n) is 8.26. The monoisotopic (exact) mass is 321 g/mol. The number of nitrogens with one attached hydrogen (secondary N) is 1. The van der Waals surface area contributed by atoms with E-state index >= 15 is 0 Å². The van der Waals surface area contributed by atoms with Gasteiger partial charge in [0.05, 0.1) is 6.42 Å². The molecule has 0 aromatic heterocycles. The lowest BCUT2D eigenvalue weighted by atomic mass is 9.89. The molecule has 1 aromatic carbocycles. The number of carbonyl (C=O) groups is 2. The second kappa shape index (κ2) is 8.65. The highest BCUT2D eigenvalue weighted by Gasteiger charge is 2.20. The van der Waals surface area contributed by atoms with E-state index < -0.39 is 12.1 Å². The molecule has 2 rings (SSSR count). The van der Waals surface area contributed by atoms with Crippen molar-refractivity contribution in [2.75, 3.05) is 6.54 Å². The topological polar surface area (TPSA) is 55.4 Å². The number of hydrogen-bond donors (Lipinski definition) is 1. The molecule has 1 aromatic rings. The molecule has 23 heavy (non-hydrogen) atoms. The summed E-state index contributed by atoms with van der Waals surface area (Å²) >= 11 is 0. The van der Waals surface area contributed by atoms with Crippen molar-refractivity contribution in [2.24, 2.45) is 5.92 Å². The fourth-order valence-corrected chi connectivity index (χ4v) is 2.84. The first kappa shape index (κ1) is 17.4. The van der Waals surface area contributed by atoms with Gasteiger partial charge in [0.25, 0.3) is 5.91 Å². The normalized spacial score (nSPS) is 16.6. The average Bonchev–Trinajstić information content (AvgIpc) is 2.55. The van der Waals surface area contributed by atoms with Gasteiger partial charge < -0.3 is 10.1 Å². The number of ether oxygens (including phenoxy) is 1. The van der Waals surface area contributed by atoms with Crippen molar-refractivity contribution in [3.8, 4) is 0 Å². The summed E-state index contributed by atoms with van der Waals surface area (Å²) in [7, 11) is 0. The second-order valence-electron chi connectivity index (χ2n) is 6.18. The number of amides is 1. The molecule has 0 heterocycles. The van der Waals surface area contributed by atoms with Crippen LogP contribution < -0.4 is 5.32 Å². The van der Waals surface area contributed by atoms with Crippen LogP contribution in [-0.4, -0.2) is 24.5 Å². The second-order valence-corrected chi connectivity index (χ2v) is 6.18. The van der Waals surface area contributed by atoms with E-state index in [0.29, 0.717) is 18.0 Å². The summed E-state index contributed by atoms with van der Waals surface area (Å²) in [5.41, 5.74) is 0.659. The highest BCUT2D eigenvalue weighted by molar-refractivity contribution is 5.83. The number of carbonyl (C=O) groups excluding carboxylic acids is 2. The molecule has 0 radical (unpaired) electrons. The molecule has 0 unspecified atom stereocenters. The largest absolute Gasteiger partial charge is 0.452 e. The zero-order valence-electron chi connectivity index (χ0n) is 13.5. The van der Waals surface area contributed by atoms with Crippen molar-refractivity contribution in [3.05, 3.63) is 35.6 Å². The summed E-state index contributed by atoms with van der Waals surface area (Å²) in [6.45, 7) is 2.22. The summed E-state index contributed by atoms with van der Waals surface area (Å²) in [5.74, 6) is -0.563. The minimum Gasteiger partial charge on any atom is -0.452 e. The SMILES string of the molecule is C[C@H](OC(=O)Cc1ccc(F)cc1)C(=O)NCC1CCCCC1. The number of benzene rings is 1. The van der Waals surface area contributed by atoms with Gasteiger partial charge in [0.2, 0.25) is 0 Å². The molecular formula is C18H24FNO3. The Hall–Kier alpha value is -1.91. The van der Waals surface area contributed by atoms with Crippen LogP contribution >= 0.6 is 0 Å². The van der Waals surface area contributed by atoms with E-state index in [1.807, 2.05) is 0 Å². The van der Waals surface area contributed by atoms with Gasteiger partial charge in [-0.05, 0) is 43.4 Å². The van der Waals surface area contributed by atoms with Gasteiger partial charge in [-0.15, -0.1) is 0 Å². The van der Waals surface area contributed by atoms with Crippen LogP contribution in [0.4, 0.5) is 4.39 Å². The van der Waals surface area contributed by atoms with Crippen LogP contribution in [0.2, 0.25) is 0 Å². The van der Waals surface area contributed by atoms with Crippen molar-refractivity contribution in [2.45, 2.75) is 51.6 Å². The quantitative estimate of drug-likeness (QED) is 0.820. The van der Waals surface area contributed by atoms with Crippen LogP contribution in [-0.2, 0) is 20.7 Å². The van der Waals surface area contributed by atoms with Crippen LogP contribution in [0.1, 0.15) is 44.6 Å². The Morgan fingerprint density at radius 2 is 1.87 bits per heavy atom. The molecule has 0 bridgehead atoms. The standard InChI is InChI=1S/C18H24FNO3/c1-13(18(22)20-12-15-5-3-2-4-6-15)23-17(21)11-14-7-9-16(19)10-8-14/h7-10,13,15H,2-6,11-12H2,1H3,(H,20,22)/t13-/m0/s1. The van der Waals surface area contributed by atoms with Crippen LogP contribution in [0.15, 0.2) is 24.3 Å². The zero-order chi connectivity index (χ0) is 16.7. The van der Waals surface area contributed by atoms with Gasteiger partial charge in [-0.3, -0.25) is 9.59 Å². The first-order chi connectivity index (χ1) is 11.0. The lowest BCUT2D eigenvalue weighted by molar-refractivity contribution is -0.154. The fourth-order valence-electron chi connectivity index (χ4n) is 2.84. The molecule has 1 aliphatic carbocycles. The predicted molar refractivity (Wildman–Crippen MR) is 85.2 cm³/mol. The Bertz CT molecular complexity index is 524. The fraction of sp³-hybridized carbons (Fsp3) is 0.556. The number of hydrogen-bond acceptors (Lipinski definition) is 3. The molecule has 0 spiro atoms. The lowest BCUT2D eigenvalue weighted by Crippen LogP contribution is -2.39. The molecular weight excluding hydrogens is 297 g/mol.